The van der Waals surface area contributed by atoms with Gasteiger partial charge in [0.15, 0.2) is 9.84 Å². The molecule has 1 heterocycles. The molecule has 1 amide bonds. The van der Waals surface area contributed by atoms with E-state index >= 15 is 0 Å². The Kier molecular flexibility index (Phi) is 4.67. The average Bonchev–Trinajstić information content (AvgIpc) is 3.13. The van der Waals surface area contributed by atoms with E-state index in [0.29, 0.717) is 11.3 Å². The maximum absolute atomic E-state index is 12.3. The van der Waals surface area contributed by atoms with Crippen LogP contribution in [0.4, 0.5) is 5.69 Å². The fourth-order valence-corrected chi connectivity index (χ4v) is 3.16. The molecule has 0 saturated heterocycles. The molecule has 6 nitrogen and oxygen atoms in total. The van der Waals surface area contributed by atoms with E-state index < -0.39 is 9.84 Å². The fraction of sp³-hybridized carbons (Fsp3) is 0.111. The van der Waals surface area contributed by atoms with Crippen LogP contribution in [-0.4, -0.2) is 29.9 Å². The molecule has 0 unspecified atom stereocenters. The van der Waals surface area contributed by atoms with Gasteiger partial charge >= 0.3 is 0 Å². The number of hydrogen-bond donors (Lipinski definition) is 1. The Morgan fingerprint density at radius 1 is 1.08 bits per heavy atom. The van der Waals surface area contributed by atoms with Gasteiger partial charge in [0.2, 0.25) is 0 Å². The Hall–Kier alpha value is -2.93. The maximum atomic E-state index is 12.3. The first-order valence-corrected chi connectivity index (χ1v) is 9.39. The fourth-order valence-electron chi connectivity index (χ4n) is 2.28. The number of carbonyl (C=O) groups excluding carboxylic acids is 1. The van der Waals surface area contributed by atoms with Crippen molar-refractivity contribution in [3.05, 3.63) is 72.6 Å². The number of amides is 1. The van der Waals surface area contributed by atoms with Crippen molar-refractivity contribution in [1.29, 1.82) is 0 Å². The molecule has 0 bridgehead atoms. The van der Waals surface area contributed by atoms with E-state index in [-0.39, 0.29) is 16.6 Å². The van der Waals surface area contributed by atoms with Gasteiger partial charge in [0.25, 0.3) is 5.91 Å². The molecule has 0 aliphatic heterocycles. The minimum Gasteiger partial charge on any atom is -0.322 e. The first-order chi connectivity index (χ1) is 12.0. The highest BCUT2D eigenvalue weighted by atomic mass is 32.2. The Labute approximate surface area is 146 Å². The van der Waals surface area contributed by atoms with Gasteiger partial charge in [0, 0.05) is 11.9 Å². The van der Waals surface area contributed by atoms with Crippen LogP contribution in [0.3, 0.4) is 0 Å². The summed E-state index contributed by atoms with van der Waals surface area (Å²) in [5.74, 6) is -0.273. The first kappa shape index (κ1) is 16.9. The van der Waals surface area contributed by atoms with E-state index in [2.05, 4.69) is 10.4 Å². The summed E-state index contributed by atoms with van der Waals surface area (Å²) in [5.41, 5.74) is 1.79. The van der Waals surface area contributed by atoms with E-state index in [9.17, 15) is 13.2 Å². The van der Waals surface area contributed by atoms with Gasteiger partial charge in [-0.25, -0.2) is 13.1 Å². The second-order valence-corrected chi connectivity index (χ2v) is 7.67. The highest BCUT2D eigenvalue weighted by Gasteiger charge is 2.13. The van der Waals surface area contributed by atoms with Crippen molar-refractivity contribution in [2.24, 2.45) is 0 Å². The van der Waals surface area contributed by atoms with E-state index in [1.165, 1.54) is 18.3 Å². The molecule has 2 aromatic carbocycles. The second-order valence-electron chi connectivity index (χ2n) is 5.39. The molecule has 3 aromatic rings. The van der Waals surface area contributed by atoms with Gasteiger partial charge in [-0.05, 0) is 36.4 Å². The SMILES string of the molecule is CCS(=O)(=O)c1ccc(NC(=O)c2cnn(-c3ccccc3)c2)cc1. The molecular weight excluding hydrogens is 338 g/mol. The number of sulfone groups is 1. The number of para-hydroxylation sites is 1. The largest absolute Gasteiger partial charge is 0.322 e. The van der Waals surface area contributed by atoms with Crippen LogP contribution >= 0.6 is 0 Å². The maximum Gasteiger partial charge on any atom is 0.258 e. The van der Waals surface area contributed by atoms with Gasteiger partial charge in [0.1, 0.15) is 0 Å². The topological polar surface area (TPSA) is 81.1 Å². The standard InChI is InChI=1S/C18H17N3O3S/c1-2-25(23,24)17-10-8-15(9-11-17)20-18(22)14-12-19-21(13-14)16-6-4-3-5-7-16/h3-13H,2H2,1H3,(H,20,22). The lowest BCUT2D eigenvalue weighted by Crippen LogP contribution is -2.11. The van der Waals surface area contributed by atoms with Crippen LogP contribution in [0, 0.1) is 0 Å². The van der Waals surface area contributed by atoms with Crippen LogP contribution < -0.4 is 5.32 Å². The third-order valence-electron chi connectivity index (χ3n) is 3.72. The van der Waals surface area contributed by atoms with Gasteiger partial charge < -0.3 is 5.32 Å². The molecule has 128 valence electrons. The number of aromatic nitrogens is 2. The number of anilines is 1. The molecule has 3 rings (SSSR count). The number of benzene rings is 2. The van der Waals surface area contributed by atoms with E-state index in [4.69, 9.17) is 0 Å². The number of nitrogens with one attached hydrogen (secondary N) is 1. The van der Waals surface area contributed by atoms with E-state index in [1.54, 1.807) is 29.9 Å². The lowest BCUT2D eigenvalue weighted by molar-refractivity contribution is 0.102. The smallest absolute Gasteiger partial charge is 0.258 e. The van der Waals surface area contributed by atoms with Crippen LogP contribution in [-0.2, 0) is 9.84 Å². The first-order valence-electron chi connectivity index (χ1n) is 7.74. The summed E-state index contributed by atoms with van der Waals surface area (Å²) in [5, 5.41) is 6.92. The summed E-state index contributed by atoms with van der Waals surface area (Å²) in [6, 6.07) is 15.6. The Bertz CT molecular complexity index is 978. The summed E-state index contributed by atoms with van der Waals surface area (Å²) in [6.45, 7) is 1.59. The predicted molar refractivity (Wildman–Crippen MR) is 95.7 cm³/mol. The number of rotatable bonds is 5. The third-order valence-corrected chi connectivity index (χ3v) is 5.47. The Morgan fingerprint density at radius 3 is 2.40 bits per heavy atom. The monoisotopic (exact) mass is 355 g/mol. The Balaban J connectivity index is 1.74. The molecule has 0 atom stereocenters. The van der Waals surface area contributed by atoms with Crippen LogP contribution in [0.15, 0.2) is 71.9 Å². The minimum atomic E-state index is -3.25. The van der Waals surface area contributed by atoms with Gasteiger partial charge in [0.05, 0.1) is 28.1 Å². The second kappa shape index (κ2) is 6.90. The average molecular weight is 355 g/mol. The lowest BCUT2D eigenvalue weighted by atomic mass is 10.3. The molecule has 0 fully saturated rings. The van der Waals surface area contributed by atoms with Crippen molar-refractivity contribution in [3.63, 3.8) is 0 Å². The normalized spacial score (nSPS) is 11.2. The zero-order chi connectivity index (χ0) is 17.9. The quantitative estimate of drug-likeness (QED) is 0.763. The molecule has 0 saturated carbocycles. The molecule has 0 aliphatic carbocycles. The van der Waals surface area contributed by atoms with Crippen molar-refractivity contribution in [3.8, 4) is 5.69 Å². The van der Waals surface area contributed by atoms with Crippen molar-refractivity contribution in [2.45, 2.75) is 11.8 Å². The van der Waals surface area contributed by atoms with E-state index in [0.717, 1.165) is 5.69 Å². The molecule has 1 aromatic heterocycles. The van der Waals surface area contributed by atoms with Gasteiger partial charge in [-0.3, -0.25) is 4.79 Å². The van der Waals surface area contributed by atoms with Gasteiger partial charge in [-0.1, -0.05) is 25.1 Å². The highest BCUT2D eigenvalue weighted by molar-refractivity contribution is 7.91. The molecule has 7 heteroatoms. The summed E-state index contributed by atoms with van der Waals surface area (Å²) in [6.07, 6.45) is 3.12. The lowest BCUT2D eigenvalue weighted by Gasteiger charge is -2.05. The van der Waals surface area contributed by atoms with Crippen molar-refractivity contribution in [2.75, 3.05) is 11.1 Å². The van der Waals surface area contributed by atoms with Crippen molar-refractivity contribution < 1.29 is 13.2 Å². The molecular formula is C18H17N3O3S. The van der Waals surface area contributed by atoms with Crippen LogP contribution in [0.5, 0.6) is 0 Å². The summed E-state index contributed by atoms with van der Waals surface area (Å²) >= 11 is 0. The van der Waals surface area contributed by atoms with Crippen LogP contribution in [0.1, 0.15) is 17.3 Å². The predicted octanol–water partition coefficient (Wildman–Crippen LogP) is 2.92. The molecule has 0 aliphatic rings. The number of hydrogen-bond acceptors (Lipinski definition) is 4. The Morgan fingerprint density at radius 2 is 1.76 bits per heavy atom. The van der Waals surface area contributed by atoms with Crippen molar-refractivity contribution >= 4 is 21.4 Å². The third kappa shape index (κ3) is 3.77. The molecule has 1 N–H and O–H groups in total. The summed E-state index contributed by atoms with van der Waals surface area (Å²) in [4.78, 5) is 12.6. The number of nitrogens with zero attached hydrogens (tertiary/aromatic N) is 2. The van der Waals surface area contributed by atoms with Gasteiger partial charge in [-0.2, -0.15) is 5.10 Å². The van der Waals surface area contributed by atoms with Crippen molar-refractivity contribution in [1.82, 2.24) is 9.78 Å². The zero-order valence-corrected chi connectivity index (χ0v) is 14.4. The molecule has 25 heavy (non-hydrogen) atoms. The zero-order valence-electron chi connectivity index (χ0n) is 13.6. The van der Waals surface area contributed by atoms with E-state index in [1.807, 2.05) is 30.3 Å². The highest BCUT2D eigenvalue weighted by Crippen LogP contribution is 2.16. The summed E-state index contributed by atoms with van der Waals surface area (Å²) < 4.78 is 25.2. The van der Waals surface area contributed by atoms with Crippen LogP contribution in [0.25, 0.3) is 5.69 Å². The summed E-state index contributed by atoms with van der Waals surface area (Å²) in [7, 11) is -3.25. The molecule has 0 radical (unpaired) electrons. The number of carbonyl (C=O) groups is 1. The minimum absolute atomic E-state index is 0.0391. The van der Waals surface area contributed by atoms with Gasteiger partial charge in [-0.15, -0.1) is 0 Å². The molecule has 0 spiro atoms. The van der Waals surface area contributed by atoms with Crippen LogP contribution in [0.2, 0.25) is 0 Å².